The number of fused-ring (bicyclic) bond motifs is 1. The summed E-state index contributed by atoms with van der Waals surface area (Å²) in [7, 11) is 1.70. The van der Waals surface area contributed by atoms with E-state index in [4.69, 9.17) is 4.74 Å². The molecule has 0 bridgehead atoms. The maximum Gasteiger partial charge on any atom is 0.222 e. The van der Waals surface area contributed by atoms with Crippen molar-refractivity contribution in [3.63, 3.8) is 0 Å². The van der Waals surface area contributed by atoms with Crippen molar-refractivity contribution < 1.29 is 9.53 Å². The second-order valence-electron chi connectivity index (χ2n) is 7.69. The lowest BCUT2D eigenvalue weighted by Crippen LogP contribution is -2.38. The molecule has 0 aromatic heterocycles. The molecule has 2 aromatic rings. The minimum absolute atomic E-state index is 0. The first-order chi connectivity index (χ1) is 15.2. The Bertz CT molecular complexity index is 888. The van der Waals surface area contributed by atoms with Gasteiger partial charge < -0.3 is 20.3 Å². The predicted molar refractivity (Wildman–Crippen MR) is 141 cm³/mol. The number of nitrogens with zero attached hydrogens (tertiary/aromatic N) is 2. The quantitative estimate of drug-likeness (QED) is 0.216. The summed E-state index contributed by atoms with van der Waals surface area (Å²) in [5.41, 5.74) is 3.81. The van der Waals surface area contributed by atoms with Crippen LogP contribution in [0.2, 0.25) is 0 Å². The molecule has 0 saturated heterocycles. The number of guanidine groups is 1. The molecule has 0 atom stereocenters. The number of para-hydroxylation sites is 1. The normalized spacial score (nSPS) is 13.1. The largest absolute Gasteiger partial charge is 0.496 e. The Morgan fingerprint density at radius 2 is 1.84 bits per heavy atom. The fourth-order valence-electron chi connectivity index (χ4n) is 3.85. The maximum absolute atomic E-state index is 12.6. The molecule has 1 amide bonds. The summed E-state index contributed by atoms with van der Waals surface area (Å²) in [6, 6.07) is 16.5. The van der Waals surface area contributed by atoms with Crippen LogP contribution < -0.4 is 15.4 Å². The van der Waals surface area contributed by atoms with Crippen molar-refractivity contribution in [2.24, 2.45) is 4.99 Å². The summed E-state index contributed by atoms with van der Waals surface area (Å²) >= 11 is 0. The molecule has 174 valence electrons. The minimum Gasteiger partial charge on any atom is -0.496 e. The van der Waals surface area contributed by atoms with Gasteiger partial charge >= 0.3 is 0 Å². The third-order valence-electron chi connectivity index (χ3n) is 5.53. The Balaban J connectivity index is 0.00000363. The smallest absolute Gasteiger partial charge is 0.222 e. The number of benzene rings is 2. The molecule has 0 fully saturated rings. The van der Waals surface area contributed by atoms with Gasteiger partial charge in [0.2, 0.25) is 5.91 Å². The third-order valence-corrected chi connectivity index (χ3v) is 5.53. The molecule has 7 heteroatoms. The van der Waals surface area contributed by atoms with Crippen LogP contribution in [0.25, 0.3) is 0 Å². The Morgan fingerprint density at radius 3 is 2.62 bits per heavy atom. The molecule has 1 heterocycles. The summed E-state index contributed by atoms with van der Waals surface area (Å²) in [5, 5.41) is 6.64. The Kier molecular flexibility index (Phi) is 11.3. The maximum atomic E-state index is 12.6. The van der Waals surface area contributed by atoms with Crippen LogP contribution in [-0.4, -0.2) is 50.1 Å². The molecule has 0 aliphatic carbocycles. The number of carbonyl (C=O) groups is 1. The molecule has 3 rings (SSSR count). The summed E-state index contributed by atoms with van der Waals surface area (Å²) < 4.78 is 5.41. The summed E-state index contributed by atoms with van der Waals surface area (Å²) in [6.07, 6.45) is 3.08. The van der Waals surface area contributed by atoms with Crippen LogP contribution in [0, 0.1) is 0 Å². The number of ether oxygens (including phenoxy) is 1. The van der Waals surface area contributed by atoms with Gasteiger partial charge in [0.05, 0.1) is 7.11 Å². The highest BCUT2D eigenvalue weighted by Gasteiger charge is 2.19. The van der Waals surface area contributed by atoms with Crippen LogP contribution in [0.15, 0.2) is 53.5 Å². The average molecular weight is 550 g/mol. The molecule has 0 saturated carbocycles. The van der Waals surface area contributed by atoms with E-state index >= 15 is 0 Å². The number of aliphatic imine (C=N–C) groups is 1. The van der Waals surface area contributed by atoms with E-state index in [0.717, 1.165) is 57.2 Å². The number of nitrogens with one attached hydrogen (secondary N) is 2. The Morgan fingerprint density at radius 1 is 1.09 bits per heavy atom. The molecular formula is C25H35IN4O2. The predicted octanol–water partition coefficient (Wildman–Crippen LogP) is 3.78. The van der Waals surface area contributed by atoms with Crippen LogP contribution in [0.5, 0.6) is 5.75 Å². The van der Waals surface area contributed by atoms with Gasteiger partial charge in [0.1, 0.15) is 5.75 Å². The van der Waals surface area contributed by atoms with Gasteiger partial charge in [-0.1, -0.05) is 42.5 Å². The zero-order valence-electron chi connectivity index (χ0n) is 19.1. The van der Waals surface area contributed by atoms with E-state index in [9.17, 15) is 4.79 Å². The lowest BCUT2D eigenvalue weighted by atomic mass is 9.99. The topological polar surface area (TPSA) is 66.0 Å². The van der Waals surface area contributed by atoms with Gasteiger partial charge in [0, 0.05) is 39.1 Å². The minimum atomic E-state index is 0. The van der Waals surface area contributed by atoms with Crippen molar-refractivity contribution in [1.29, 1.82) is 0 Å². The van der Waals surface area contributed by atoms with E-state index in [-0.39, 0.29) is 29.9 Å². The van der Waals surface area contributed by atoms with Crippen molar-refractivity contribution in [3.05, 3.63) is 65.2 Å². The molecule has 2 N–H and O–H groups in total. The van der Waals surface area contributed by atoms with Crippen LogP contribution in [0.3, 0.4) is 0 Å². The number of hydrogen-bond acceptors (Lipinski definition) is 3. The van der Waals surface area contributed by atoms with Gasteiger partial charge in [-0.25, -0.2) is 0 Å². The zero-order valence-corrected chi connectivity index (χ0v) is 21.4. The highest BCUT2D eigenvalue weighted by Crippen LogP contribution is 2.19. The van der Waals surface area contributed by atoms with Crippen molar-refractivity contribution in [2.75, 3.05) is 33.3 Å². The Hall–Kier alpha value is -2.29. The summed E-state index contributed by atoms with van der Waals surface area (Å²) in [5.74, 6) is 1.92. The molecule has 1 aliphatic rings. The number of carbonyl (C=O) groups excluding carboxylic acids is 1. The molecule has 32 heavy (non-hydrogen) atoms. The van der Waals surface area contributed by atoms with E-state index < -0.39 is 0 Å². The number of methoxy groups -OCH3 is 1. The van der Waals surface area contributed by atoms with Crippen molar-refractivity contribution in [2.45, 2.75) is 39.2 Å². The molecule has 1 aliphatic heterocycles. The summed E-state index contributed by atoms with van der Waals surface area (Å²) in [4.78, 5) is 19.2. The van der Waals surface area contributed by atoms with Crippen molar-refractivity contribution in [1.82, 2.24) is 15.5 Å². The van der Waals surface area contributed by atoms with E-state index in [1.54, 1.807) is 7.11 Å². The second-order valence-corrected chi connectivity index (χ2v) is 7.69. The van der Waals surface area contributed by atoms with Crippen LogP contribution >= 0.6 is 24.0 Å². The average Bonchev–Trinajstić information content (AvgIpc) is 2.81. The number of halogens is 1. The first kappa shape index (κ1) is 26.0. The molecule has 0 radical (unpaired) electrons. The monoisotopic (exact) mass is 550 g/mol. The lowest BCUT2D eigenvalue weighted by Gasteiger charge is -2.28. The van der Waals surface area contributed by atoms with Gasteiger partial charge in [-0.3, -0.25) is 9.79 Å². The highest BCUT2D eigenvalue weighted by molar-refractivity contribution is 14.0. The van der Waals surface area contributed by atoms with Gasteiger partial charge in [0.15, 0.2) is 5.96 Å². The highest BCUT2D eigenvalue weighted by atomic mass is 127. The fourth-order valence-corrected chi connectivity index (χ4v) is 3.85. The Labute approximate surface area is 208 Å². The van der Waals surface area contributed by atoms with Gasteiger partial charge in [-0.2, -0.15) is 0 Å². The van der Waals surface area contributed by atoms with Crippen LogP contribution in [0.4, 0.5) is 0 Å². The van der Waals surface area contributed by atoms with Gasteiger partial charge in [0.25, 0.3) is 0 Å². The van der Waals surface area contributed by atoms with Gasteiger partial charge in [-0.05, 0) is 48.9 Å². The van der Waals surface area contributed by atoms with Crippen LogP contribution in [0.1, 0.15) is 36.5 Å². The molecule has 6 nitrogen and oxygen atoms in total. The molecular weight excluding hydrogens is 515 g/mol. The zero-order chi connectivity index (χ0) is 21.9. The lowest BCUT2D eigenvalue weighted by molar-refractivity contribution is -0.132. The van der Waals surface area contributed by atoms with Crippen LogP contribution in [-0.2, 0) is 24.2 Å². The van der Waals surface area contributed by atoms with E-state index in [2.05, 4.69) is 46.8 Å². The van der Waals surface area contributed by atoms with Crippen molar-refractivity contribution >= 4 is 35.8 Å². The van der Waals surface area contributed by atoms with Gasteiger partial charge in [-0.15, -0.1) is 24.0 Å². The van der Waals surface area contributed by atoms with E-state index in [1.165, 1.54) is 16.7 Å². The number of rotatable bonds is 9. The van der Waals surface area contributed by atoms with Crippen molar-refractivity contribution in [3.8, 4) is 5.75 Å². The standard InChI is InChI=1S/C25H34N4O2.HI/c1-3-26-25(28-17-14-21-10-6-7-12-23(21)31-2)27-16-8-13-24(30)29-18-15-20-9-4-5-11-22(20)19-29;/h4-7,9-12H,3,8,13-19H2,1-2H3,(H2,26,27,28);1H. The summed E-state index contributed by atoms with van der Waals surface area (Å²) in [6.45, 7) is 5.78. The second kappa shape index (κ2) is 14.0. The first-order valence-corrected chi connectivity index (χ1v) is 11.2. The molecule has 2 aromatic carbocycles. The van der Waals surface area contributed by atoms with E-state index in [1.807, 2.05) is 29.2 Å². The molecule has 0 spiro atoms. The number of amides is 1. The SMILES string of the molecule is CCNC(=NCCCC(=O)N1CCc2ccccc2C1)NCCc1ccccc1OC.I. The van der Waals surface area contributed by atoms with E-state index in [0.29, 0.717) is 13.0 Å². The molecule has 0 unspecified atom stereocenters. The third kappa shape index (κ3) is 7.69. The number of hydrogen-bond donors (Lipinski definition) is 2. The first-order valence-electron chi connectivity index (χ1n) is 11.2. The fraction of sp³-hybridized carbons (Fsp3) is 0.440.